The number of benzene rings is 2. The van der Waals surface area contributed by atoms with E-state index in [4.69, 9.17) is 4.42 Å². The molecule has 0 saturated heterocycles. The summed E-state index contributed by atoms with van der Waals surface area (Å²) in [6, 6.07) is 15.4. The molecule has 0 saturated carbocycles. The molecule has 5 nitrogen and oxygen atoms in total. The number of carbonyl (C=O) groups is 1. The summed E-state index contributed by atoms with van der Waals surface area (Å²) in [4.78, 5) is 11.4. The normalized spacial score (nSPS) is 10.6. The van der Waals surface area contributed by atoms with Gasteiger partial charge in [-0.2, -0.15) is 0 Å². The molecule has 0 spiro atoms. The van der Waals surface area contributed by atoms with Crippen LogP contribution in [0.1, 0.15) is 27.4 Å². The first kappa shape index (κ1) is 17.2. The predicted octanol–water partition coefficient (Wildman–Crippen LogP) is 4.27. The molecule has 1 aromatic heterocycles. The number of nitrogens with zero attached hydrogens (tertiary/aromatic N) is 2. The number of thioether (sulfide) groups is 1. The summed E-state index contributed by atoms with van der Waals surface area (Å²) in [5.74, 6) is 2.25. The molecule has 3 aromatic rings. The second-order valence-corrected chi connectivity index (χ2v) is 6.53. The van der Waals surface area contributed by atoms with Crippen molar-refractivity contribution in [3.63, 3.8) is 0 Å². The molecule has 128 valence electrons. The second kappa shape index (κ2) is 7.98. The van der Waals surface area contributed by atoms with E-state index in [-0.39, 0.29) is 5.97 Å². The van der Waals surface area contributed by atoms with E-state index in [1.807, 2.05) is 43.3 Å². The van der Waals surface area contributed by atoms with Crippen molar-refractivity contribution in [3.05, 3.63) is 71.1 Å². The zero-order valence-corrected chi connectivity index (χ0v) is 14.9. The Morgan fingerprint density at radius 2 is 1.76 bits per heavy atom. The first-order chi connectivity index (χ1) is 12.2. The van der Waals surface area contributed by atoms with Gasteiger partial charge in [-0.05, 0) is 36.8 Å². The molecule has 2 aromatic carbocycles. The van der Waals surface area contributed by atoms with Crippen molar-refractivity contribution < 1.29 is 13.9 Å². The molecule has 0 aliphatic heterocycles. The zero-order chi connectivity index (χ0) is 17.6. The first-order valence-electron chi connectivity index (χ1n) is 7.80. The Morgan fingerprint density at radius 3 is 2.44 bits per heavy atom. The molecule has 0 radical (unpaired) electrons. The lowest BCUT2D eigenvalue weighted by Gasteiger charge is -2.02. The van der Waals surface area contributed by atoms with Crippen LogP contribution >= 0.6 is 11.8 Å². The van der Waals surface area contributed by atoms with E-state index in [1.54, 1.807) is 23.9 Å². The van der Waals surface area contributed by atoms with E-state index in [0.717, 1.165) is 16.9 Å². The summed E-state index contributed by atoms with van der Waals surface area (Å²) in [7, 11) is 1.38. The minimum atomic E-state index is -0.325. The lowest BCUT2D eigenvalue weighted by Crippen LogP contribution is -2.00. The Bertz CT molecular complexity index is 842. The van der Waals surface area contributed by atoms with E-state index in [2.05, 4.69) is 14.9 Å². The third kappa shape index (κ3) is 4.48. The number of ether oxygens (including phenoxy) is 1. The van der Waals surface area contributed by atoms with E-state index < -0.39 is 0 Å². The van der Waals surface area contributed by atoms with Crippen LogP contribution in [0.5, 0.6) is 0 Å². The van der Waals surface area contributed by atoms with Crippen LogP contribution in [-0.4, -0.2) is 23.3 Å². The summed E-state index contributed by atoms with van der Waals surface area (Å²) >= 11 is 1.68. The van der Waals surface area contributed by atoms with Gasteiger partial charge >= 0.3 is 5.97 Å². The van der Waals surface area contributed by atoms with Crippen molar-refractivity contribution >= 4 is 17.7 Å². The van der Waals surface area contributed by atoms with Crippen LogP contribution < -0.4 is 0 Å². The molecule has 0 bridgehead atoms. The van der Waals surface area contributed by atoms with Crippen LogP contribution in [0.4, 0.5) is 0 Å². The van der Waals surface area contributed by atoms with Gasteiger partial charge in [-0.3, -0.25) is 0 Å². The SMILES string of the molecule is COC(=O)c1ccc(CSCc2nnc(-c3ccc(C)cc3)o2)cc1. The molecular weight excluding hydrogens is 336 g/mol. The molecule has 0 N–H and O–H groups in total. The average Bonchev–Trinajstić information content (AvgIpc) is 3.11. The summed E-state index contributed by atoms with van der Waals surface area (Å²) in [5, 5.41) is 8.20. The molecule has 0 fully saturated rings. The van der Waals surface area contributed by atoms with E-state index in [0.29, 0.717) is 23.1 Å². The Labute approximate surface area is 150 Å². The Hall–Kier alpha value is -2.60. The summed E-state index contributed by atoms with van der Waals surface area (Å²) in [5.41, 5.74) is 3.79. The summed E-state index contributed by atoms with van der Waals surface area (Å²) < 4.78 is 10.4. The highest BCUT2D eigenvalue weighted by atomic mass is 32.2. The Kier molecular flexibility index (Phi) is 5.50. The van der Waals surface area contributed by atoms with Crippen molar-refractivity contribution in [2.45, 2.75) is 18.4 Å². The van der Waals surface area contributed by atoms with Gasteiger partial charge in [0.2, 0.25) is 11.8 Å². The highest BCUT2D eigenvalue weighted by Crippen LogP contribution is 2.22. The fraction of sp³-hybridized carbons (Fsp3) is 0.211. The van der Waals surface area contributed by atoms with Gasteiger partial charge in [-0.15, -0.1) is 22.0 Å². The molecular formula is C19H18N2O3S. The van der Waals surface area contributed by atoms with Gasteiger partial charge in [-0.1, -0.05) is 29.8 Å². The number of rotatable bonds is 6. The smallest absolute Gasteiger partial charge is 0.337 e. The van der Waals surface area contributed by atoms with Crippen molar-refractivity contribution in [1.29, 1.82) is 0 Å². The lowest BCUT2D eigenvalue weighted by atomic mass is 10.1. The first-order valence-corrected chi connectivity index (χ1v) is 8.95. The lowest BCUT2D eigenvalue weighted by molar-refractivity contribution is 0.0600. The van der Waals surface area contributed by atoms with Gasteiger partial charge in [0.25, 0.3) is 0 Å². The fourth-order valence-electron chi connectivity index (χ4n) is 2.24. The van der Waals surface area contributed by atoms with Gasteiger partial charge in [0.05, 0.1) is 18.4 Å². The van der Waals surface area contributed by atoms with Crippen LogP contribution in [0.2, 0.25) is 0 Å². The van der Waals surface area contributed by atoms with Crippen molar-refractivity contribution in [2.75, 3.05) is 7.11 Å². The monoisotopic (exact) mass is 354 g/mol. The minimum absolute atomic E-state index is 0.325. The quantitative estimate of drug-likeness (QED) is 0.616. The number of esters is 1. The topological polar surface area (TPSA) is 65.2 Å². The third-order valence-electron chi connectivity index (χ3n) is 3.63. The largest absolute Gasteiger partial charge is 0.465 e. The molecule has 0 atom stereocenters. The van der Waals surface area contributed by atoms with Gasteiger partial charge in [-0.25, -0.2) is 4.79 Å². The fourth-order valence-corrected chi connectivity index (χ4v) is 3.06. The molecule has 0 amide bonds. The number of hydrogen-bond acceptors (Lipinski definition) is 6. The Balaban J connectivity index is 1.54. The molecule has 3 rings (SSSR count). The van der Waals surface area contributed by atoms with Gasteiger partial charge in [0.15, 0.2) is 0 Å². The maximum absolute atomic E-state index is 11.4. The van der Waals surface area contributed by atoms with E-state index in [1.165, 1.54) is 12.7 Å². The van der Waals surface area contributed by atoms with Crippen molar-refractivity contribution in [2.24, 2.45) is 0 Å². The average molecular weight is 354 g/mol. The van der Waals surface area contributed by atoms with Crippen LogP contribution in [0.15, 0.2) is 52.9 Å². The Morgan fingerprint density at radius 1 is 1.04 bits per heavy atom. The second-order valence-electron chi connectivity index (χ2n) is 5.55. The molecule has 0 aliphatic carbocycles. The van der Waals surface area contributed by atoms with Crippen LogP contribution in [0, 0.1) is 6.92 Å². The van der Waals surface area contributed by atoms with Crippen LogP contribution in [0.3, 0.4) is 0 Å². The maximum Gasteiger partial charge on any atom is 0.337 e. The summed E-state index contributed by atoms with van der Waals surface area (Å²) in [6.45, 7) is 2.04. The zero-order valence-electron chi connectivity index (χ0n) is 14.1. The maximum atomic E-state index is 11.4. The molecule has 0 aliphatic rings. The van der Waals surface area contributed by atoms with Gasteiger partial charge in [0, 0.05) is 11.3 Å². The van der Waals surface area contributed by atoms with Crippen LogP contribution in [-0.2, 0) is 16.2 Å². The number of aryl methyl sites for hydroxylation is 1. The third-order valence-corrected chi connectivity index (χ3v) is 4.62. The standard InChI is InChI=1S/C19H18N2O3S/c1-13-3-7-15(8-4-13)18-21-20-17(24-18)12-25-11-14-5-9-16(10-6-14)19(22)23-2/h3-10H,11-12H2,1-2H3. The number of methoxy groups -OCH3 is 1. The number of hydrogen-bond donors (Lipinski definition) is 0. The van der Waals surface area contributed by atoms with Crippen LogP contribution in [0.25, 0.3) is 11.5 Å². The van der Waals surface area contributed by atoms with Crippen molar-refractivity contribution in [3.8, 4) is 11.5 Å². The minimum Gasteiger partial charge on any atom is -0.465 e. The van der Waals surface area contributed by atoms with Gasteiger partial charge < -0.3 is 9.15 Å². The van der Waals surface area contributed by atoms with Crippen molar-refractivity contribution in [1.82, 2.24) is 10.2 Å². The molecule has 1 heterocycles. The molecule has 6 heteroatoms. The van der Waals surface area contributed by atoms with E-state index in [9.17, 15) is 4.79 Å². The molecule has 0 unspecified atom stereocenters. The predicted molar refractivity (Wildman–Crippen MR) is 97.3 cm³/mol. The van der Waals surface area contributed by atoms with E-state index >= 15 is 0 Å². The number of aromatic nitrogens is 2. The van der Waals surface area contributed by atoms with Gasteiger partial charge in [0.1, 0.15) is 0 Å². The highest BCUT2D eigenvalue weighted by Gasteiger charge is 2.09. The summed E-state index contributed by atoms with van der Waals surface area (Å²) in [6.07, 6.45) is 0. The number of carbonyl (C=O) groups excluding carboxylic acids is 1. The highest BCUT2D eigenvalue weighted by molar-refractivity contribution is 7.97. The molecule has 25 heavy (non-hydrogen) atoms.